The molecule has 1 saturated carbocycles. The molecule has 4 nitrogen and oxygen atoms in total. The Morgan fingerprint density at radius 1 is 1.41 bits per heavy atom. The van der Waals surface area contributed by atoms with Crippen molar-refractivity contribution < 1.29 is 9.53 Å². The molecule has 100 valence electrons. The standard InChI is InChI=1S/C13H26N2O2/c1-3-6-12(10-17-2)14-9-13(16)15-11-7-4-5-8-11/h11-12,14H,3-10H2,1-2H3,(H,15,16). The van der Waals surface area contributed by atoms with E-state index in [-0.39, 0.29) is 5.91 Å². The first-order chi connectivity index (χ1) is 8.26. The largest absolute Gasteiger partial charge is 0.383 e. The number of carbonyl (C=O) groups is 1. The molecule has 4 heteroatoms. The van der Waals surface area contributed by atoms with Gasteiger partial charge < -0.3 is 15.4 Å². The molecule has 2 N–H and O–H groups in total. The van der Waals surface area contributed by atoms with Crippen molar-refractivity contribution in [3.8, 4) is 0 Å². The lowest BCUT2D eigenvalue weighted by Gasteiger charge is -2.18. The Morgan fingerprint density at radius 3 is 2.71 bits per heavy atom. The van der Waals surface area contributed by atoms with E-state index in [0.29, 0.717) is 25.2 Å². The minimum absolute atomic E-state index is 0.120. The van der Waals surface area contributed by atoms with Gasteiger partial charge in [0.2, 0.25) is 5.91 Å². The fraction of sp³-hybridized carbons (Fsp3) is 0.923. The maximum absolute atomic E-state index is 11.7. The SMILES string of the molecule is CCCC(COC)NCC(=O)NC1CCCC1. The fourth-order valence-electron chi connectivity index (χ4n) is 2.38. The molecule has 0 bridgehead atoms. The molecule has 0 spiro atoms. The Bertz CT molecular complexity index is 209. The molecule has 0 aromatic rings. The van der Waals surface area contributed by atoms with Crippen LogP contribution >= 0.6 is 0 Å². The summed E-state index contributed by atoms with van der Waals surface area (Å²) in [6.07, 6.45) is 6.93. The van der Waals surface area contributed by atoms with Crippen LogP contribution in [0.25, 0.3) is 0 Å². The van der Waals surface area contributed by atoms with Crippen LogP contribution in [0.4, 0.5) is 0 Å². The van der Waals surface area contributed by atoms with Gasteiger partial charge in [0.15, 0.2) is 0 Å². The van der Waals surface area contributed by atoms with Crippen LogP contribution in [-0.2, 0) is 9.53 Å². The molecule has 1 aliphatic rings. The average molecular weight is 242 g/mol. The maximum Gasteiger partial charge on any atom is 0.234 e. The van der Waals surface area contributed by atoms with Crippen LogP contribution in [0.1, 0.15) is 45.4 Å². The van der Waals surface area contributed by atoms with E-state index in [1.165, 1.54) is 12.8 Å². The number of hydrogen-bond donors (Lipinski definition) is 2. The van der Waals surface area contributed by atoms with Crippen molar-refractivity contribution in [2.75, 3.05) is 20.3 Å². The van der Waals surface area contributed by atoms with Crippen molar-refractivity contribution in [3.05, 3.63) is 0 Å². The van der Waals surface area contributed by atoms with Crippen LogP contribution in [0.2, 0.25) is 0 Å². The number of hydrogen-bond acceptors (Lipinski definition) is 3. The van der Waals surface area contributed by atoms with Gasteiger partial charge in [0.1, 0.15) is 0 Å². The van der Waals surface area contributed by atoms with Crippen LogP contribution in [0.15, 0.2) is 0 Å². The lowest BCUT2D eigenvalue weighted by Crippen LogP contribution is -2.43. The van der Waals surface area contributed by atoms with Gasteiger partial charge in [-0.2, -0.15) is 0 Å². The smallest absolute Gasteiger partial charge is 0.234 e. The highest BCUT2D eigenvalue weighted by Gasteiger charge is 2.17. The molecule has 1 atom stereocenters. The Labute approximate surface area is 104 Å². The first-order valence-electron chi connectivity index (χ1n) is 6.78. The zero-order valence-electron chi connectivity index (χ0n) is 11.1. The molecular formula is C13H26N2O2. The first-order valence-corrected chi connectivity index (χ1v) is 6.78. The summed E-state index contributed by atoms with van der Waals surface area (Å²) in [7, 11) is 1.70. The summed E-state index contributed by atoms with van der Waals surface area (Å²) in [5.74, 6) is 0.120. The molecule has 1 rings (SSSR count). The summed E-state index contributed by atoms with van der Waals surface area (Å²) in [5, 5.41) is 6.33. The number of carbonyl (C=O) groups excluding carboxylic acids is 1. The third-order valence-corrected chi connectivity index (χ3v) is 3.28. The van der Waals surface area contributed by atoms with Crippen molar-refractivity contribution >= 4 is 5.91 Å². The van der Waals surface area contributed by atoms with Crippen molar-refractivity contribution in [2.24, 2.45) is 0 Å². The van der Waals surface area contributed by atoms with Gasteiger partial charge in [-0.05, 0) is 19.3 Å². The average Bonchev–Trinajstić information content (AvgIpc) is 2.79. The summed E-state index contributed by atoms with van der Waals surface area (Å²) in [6, 6.07) is 0.704. The second kappa shape index (κ2) is 8.48. The van der Waals surface area contributed by atoms with E-state index < -0.39 is 0 Å². The summed E-state index contributed by atoms with van der Waals surface area (Å²) < 4.78 is 5.13. The molecule has 0 saturated heterocycles. The molecule has 1 amide bonds. The summed E-state index contributed by atoms with van der Waals surface area (Å²) in [6.45, 7) is 3.22. The minimum atomic E-state index is 0.120. The van der Waals surface area contributed by atoms with E-state index in [4.69, 9.17) is 4.74 Å². The van der Waals surface area contributed by atoms with Gasteiger partial charge in [-0.1, -0.05) is 26.2 Å². The van der Waals surface area contributed by atoms with Crippen LogP contribution in [0.3, 0.4) is 0 Å². The Kier molecular flexibility index (Phi) is 7.21. The van der Waals surface area contributed by atoms with E-state index in [9.17, 15) is 4.79 Å². The molecular weight excluding hydrogens is 216 g/mol. The third kappa shape index (κ3) is 6.03. The predicted octanol–water partition coefficient (Wildman–Crippen LogP) is 1.45. The van der Waals surface area contributed by atoms with Gasteiger partial charge in [-0.15, -0.1) is 0 Å². The number of ether oxygens (including phenoxy) is 1. The van der Waals surface area contributed by atoms with Gasteiger partial charge in [0, 0.05) is 19.2 Å². The lowest BCUT2D eigenvalue weighted by molar-refractivity contribution is -0.121. The summed E-state index contributed by atoms with van der Waals surface area (Å²) >= 11 is 0. The lowest BCUT2D eigenvalue weighted by atomic mass is 10.2. The van der Waals surface area contributed by atoms with Crippen LogP contribution in [-0.4, -0.2) is 38.3 Å². The van der Waals surface area contributed by atoms with E-state index in [2.05, 4.69) is 17.6 Å². The van der Waals surface area contributed by atoms with Crippen molar-refractivity contribution in [1.29, 1.82) is 0 Å². The summed E-state index contributed by atoms with van der Waals surface area (Å²) in [5.41, 5.74) is 0. The quantitative estimate of drug-likeness (QED) is 0.677. The number of methoxy groups -OCH3 is 1. The molecule has 0 radical (unpaired) electrons. The maximum atomic E-state index is 11.7. The summed E-state index contributed by atoms with van der Waals surface area (Å²) in [4.78, 5) is 11.7. The highest BCUT2D eigenvalue weighted by atomic mass is 16.5. The second-order valence-corrected chi connectivity index (χ2v) is 4.87. The molecule has 0 aromatic heterocycles. The molecule has 1 fully saturated rings. The fourth-order valence-corrected chi connectivity index (χ4v) is 2.38. The van der Waals surface area contributed by atoms with E-state index >= 15 is 0 Å². The molecule has 1 aliphatic carbocycles. The minimum Gasteiger partial charge on any atom is -0.383 e. The van der Waals surface area contributed by atoms with E-state index in [0.717, 1.165) is 25.7 Å². The Hall–Kier alpha value is -0.610. The second-order valence-electron chi connectivity index (χ2n) is 4.87. The van der Waals surface area contributed by atoms with Crippen LogP contribution in [0.5, 0.6) is 0 Å². The van der Waals surface area contributed by atoms with Crippen molar-refractivity contribution in [2.45, 2.75) is 57.5 Å². The molecule has 0 heterocycles. The number of rotatable bonds is 8. The highest BCUT2D eigenvalue weighted by molar-refractivity contribution is 5.78. The highest BCUT2D eigenvalue weighted by Crippen LogP contribution is 2.17. The van der Waals surface area contributed by atoms with E-state index in [1.54, 1.807) is 7.11 Å². The third-order valence-electron chi connectivity index (χ3n) is 3.28. The zero-order valence-corrected chi connectivity index (χ0v) is 11.1. The Balaban J connectivity index is 2.15. The first kappa shape index (κ1) is 14.5. The Morgan fingerprint density at radius 2 is 2.12 bits per heavy atom. The van der Waals surface area contributed by atoms with Gasteiger partial charge in [0.05, 0.1) is 13.2 Å². The molecule has 17 heavy (non-hydrogen) atoms. The van der Waals surface area contributed by atoms with Gasteiger partial charge >= 0.3 is 0 Å². The molecule has 0 aromatic carbocycles. The normalized spacial score (nSPS) is 18.2. The van der Waals surface area contributed by atoms with E-state index in [1.807, 2.05) is 0 Å². The topological polar surface area (TPSA) is 50.4 Å². The monoisotopic (exact) mass is 242 g/mol. The molecule has 1 unspecified atom stereocenters. The zero-order chi connectivity index (χ0) is 12.5. The number of amides is 1. The van der Waals surface area contributed by atoms with Gasteiger partial charge in [-0.25, -0.2) is 0 Å². The van der Waals surface area contributed by atoms with Crippen LogP contribution in [0, 0.1) is 0 Å². The molecule has 0 aliphatic heterocycles. The van der Waals surface area contributed by atoms with Gasteiger partial charge in [0.25, 0.3) is 0 Å². The van der Waals surface area contributed by atoms with Crippen LogP contribution < -0.4 is 10.6 Å². The van der Waals surface area contributed by atoms with Gasteiger partial charge in [-0.3, -0.25) is 4.79 Å². The number of nitrogens with one attached hydrogen (secondary N) is 2. The van der Waals surface area contributed by atoms with Crippen molar-refractivity contribution in [3.63, 3.8) is 0 Å². The predicted molar refractivity (Wildman–Crippen MR) is 69.0 cm³/mol. The van der Waals surface area contributed by atoms with Crippen molar-refractivity contribution in [1.82, 2.24) is 10.6 Å².